The van der Waals surface area contributed by atoms with Crippen molar-refractivity contribution in [3.63, 3.8) is 0 Å². The van der Waals surface area contributed by atoms with Crippen LogP contribution in [0.4, 0.5) is 5.69 Å². The molecule has 0 saturated carbocycles. The fourth-order valence-electron chi connectivity index (χ4n) is 2.60. The van der Waals surface area contributed by atoms with Crippen molar-refractivity contribution < 1.29 is 31.5 Å². The van der Waals surface area contributed by atoms with Gasteiger partial charge in [-0.1, -0.05) is 0 Å². The molecule has 1 aliphatic rings. The number of hydrogen-bond acceptors (Lipinski definition) is 6. The van der Waals surface area contributed by atoms with Gasteiger partial charge >= 0.3 is 5.97 Å². The molecule has 11 heteroatoms. The summed E-state index contributed by atoms with van der Waals surface area (Å²) < 4.78 is 57.2. The largest absolute Gasteiger partial charge is 0.495 e. The van der Waals surface area contributed by atoms with Gasteiger partial charge in [0.15, 0.2) is 0 Å². The van der Waals surface area contributed by atoms with Crippen LogP contribution in [0.1, 0.15) is 19.8 Å². The van der Waals surface area contributed by atoms with Crippen LogP contribution in [0.5, 0.6) is 5.75 Å². The Hall–Kier alpha value is -1.85. The van der Waals surface area contributed by atoms with Crippen molar-refractivity contribution >= 4 is 31.7 Å². The van der Waals surface area contributed by atoms with Crippen LogP contribution in [0.3, 0.4) is 0 Å². The van der Waals surface area contributed by atoms with Gasteiger partial charge in [-0.3, -0.25) is 9.52 Å². The molecule has 140 valence electrons. The fraction of sp³-hybridized carbons (Fsp3) is 0.500. The van der Waals surface area contributed by atoms with Gasteiger partial charge in [0.1, 0.15) is 16.7 Å². The van der Waals surface area contributed by atoms with Crippen molar-refractivity contribution in [1.29, 1.82) is 0 Å². The first-order valence-corrected chi connectivity index (χ1v) is 10.6. The predicted octanol–water partition coefficient (Wildman–Crippen LogP) is 0.695. The van der Waals surface area contributed by atoms with Gasteiger partial charge in [0.05, 0.1) is 18.6 Å². The van der Waals surface area contributed by atoms with E-state index in [4.69, 9.17) is 4.74 Å². The van der Waals surface area contributed by atoms with Gasteiger partial charge in [0.2, 0.25) is 20.0 Å². The molecule has 1 aliphatic heterocycles. The molecule has 0 spiro atoms. The van der Waals surface area contributed by atoms with Crippen molar-refractivity contribution in [1.82, 2.24) is 4.31 Å². The molecule has 0 amide bonds. The van der Waals surface area contributed by atoms with Gasteiger partial charge in [0, 0.05) is 12.6 Å². The number of aliphatic carboxylic acids is 1. The van der Waals surface area contributed by atoms with Crippen LogP contribution < -0.4 is 9.46 Å². The van der Waals surface area contributed by atoms with Crippen molar-refractivity contribution in [3.05, 3.63) is 18.2 Å². The lowest BCUT2D eigenvalue weighted by atomic mass is 10.2. The van der Waals surface area contributed by atoms with Crippen molar-refractivity contribution in [3.8, 4) is 5.75 Å². The third kappa shape index (κ3) is 4.05. The average Bonchev–Trinajstić information content (AvgIpc) is 3.05. The van der Waals surface area contributed by atoms with Gasteiger partial charge in [-0.2, -0.15) is 4.31 Å². The van der Waals surface area contributed by atoms with E-state index in [1.165, 1.54) is 32.2 Å². The molecule has 9 nitrogen and oxygen atoms in total. The summed E-state index contributed by atoms with van der Waals surface area (Å²) in [6.45, 7) is 1.57. The monoisotopic (exact) mass is 392 g/mol. The Balaban J connectivity index is 2.43. The topological polar surface area (TPSA) is 130 Å². The Morgan fingerprint density at radius 2 is 2.04 bits per heavy atom. The number of hydrogen-bond donors (Lipinski definition) is 2. The molecule has 1 aromatic rings. The van der Waals surface area contributed by atoms with Gasteiger partial charge < -0.3 is 9.84 Å². The first-order chi connectivity index (χ1) is 11.6. The van der Waals surface area contributed by atoms with Gasteiger partial charge in [-0.25, -0.2) is 16.8 Å². The number of anilines is 1. The van der Waals surface area contributed by atoms with Crippen LogP contribution in [0.15, 0.2) is 23.1 Å². The van der Waals surface area contributed by atoms with E-state index in [1.54, 1.807) is 0 Å². The van der Waals surface area contributed by atoms with E-state index in [-0.39, 0.29) is 35.1 Å². The van der Waals surface area contributed by atoms with Crippen molar-refractivity contribution in [2.75, 3.05) is 24.1 Å². The second kappa shape index (κ2) is 7.18. The van der Waals surface area contributed by atoms with E-state index in [9.17, 15) is 26.7 Å². The molecule has 0 aromatic heterocycles. The predicted molar refractivity (Wildman–Crippen MR) is 90.6 cm³/mol. The second-order valence-electron chi connectivity index (χ2n) is 5.48. The Bertz CT molecular complexity index is 865. The molecule has 1 fully saturated rings. The average molecular weight is 392 g/mol. The standard InChI is InChI=1S/C14H20N2O7S2/c1-3-24(19,20)15-10-6-7-13(12(9-10)23-2)25(21,22)16-8-4-5-11(16)14(17)18/h6-7,9,11,15H,3-5,8H2,1-2H3,(H,17,18)/t11-/m0/s1. The Morgan fingerprint density at radius 1 is 1.36 bits per heavy atom. The Kier molecular flexibility index (Phi) is 5.59. The van der Waals surface area contributed by atoms with Gasteiger partial charge in [0.25, 0.3) is 0 Å². The van der Waals surface area contributed by atoms with Crippen molar-refractivity contribution in [2.45, 2.75) is 30.7 Å². The molecule has 1 heterocycles. The lowest BCUT2D eigenvalue weighted by molar-refractivity contribution is -0.140. The number of sulfonamides is 2. The molecule has 1 atom stereocenters. The first kappa shape index (κ1) is 19.5. The first-order valence-electron chi connectivity index (χ1n) is 7.55. The summed E-state index contributed by atoms with van der Waals surface area (Å²) in [6.07, 6.45) is 0.693. The highest BCUT2D eigenvalue weighted by Crippen LogP contribution is 2.33. The van der Waals surface area contributed by atoms with E-state index < -0.39 is 32.1 Å². The number of nitrogens with zero attached hydrogens (tertiary/aromatic N) is 1. The summed E-state index contributed by atoms with van der Waals surface area (Å²) in [4.78, 5) is 11.1. The van der Waals surface area contributed by atoms with E-state index in [2.05, 4.69) is 4.72 Å². The molecule has 0 bridgehead atoms. The molecule has 1 saturated heterocycles. The Labute approximate surface area is 146 Å². The van der Waals surface area contributed by atoms with Crippen LogP contribution in [0.2, 0.25) is 0 Å². The summed E-state index contributed by atoms with van der Waals surface area (Å²) in [5.41, 5.74) is 0.161. The maximum Gasteiger partial charge on any atom is 0.322 e. The third-order valence-corrected chi connectivity index (χ3v) is 7.15. The number of carboxylic acid groups (broad SMARTS) is 1. The number of rotatable bonds is 7. The molecule has 0 unspecified atom stereocenters. The highest BCUT2D eigenvalue weighted by Gasteiger charge is 2.40. The van der Waals surface area contributed by atoms with Gasteiger partial charge in [-0.05, 0) is 31.9 Å². The number of carbonyl (C=O) groups is 1. The number of carboxylic acids is 1. The highest BCUT2D eigenvalue weighted by atomic mass is 32.2. The van der Waals surface area contributed by atoms with E-state index in [0.717, 1.165) is 4.31 Å². The van der Waals surface area contributed by atoms with E-state index in [1.807, 2.05) is 0 Å². The number of ether oxygens (including phenoxy) is 1. The molecular formula is C14H20N2O7S2. The number of nitrogens with one attached hydrogen (secondary N) is 1. The third-order valence-electron chi connectivity index (χ3n) is 3.89. The van der Waals surface area contributed by atoms with E-state index in [0.29, 0.717) is 6.42 Å². The zero-order valence-electron chi connectivity index (χ0n) is 13.8. The number of benzene rings is 1. The number of methoxy groups -OCH3 is 1. The molecule has 25 heavy (non-hydrogen) atoms. The van der Waals surface area contributed by atoms with Crippen molar-refractivity contribution in [2.24, 2.45) is 0 Å². The molecule has 2 rings (SSSR count). The van der Waals surface area contributed by atoms with Crippen LogP contribution in [0.25, 0.3) is 0 Å². The lowest BCUT2D eigenvalue weighted by Gasteiger charge is -2.22. The lowest BCUT2D eigenvalue weighted by Crippen LogP contribution is -2.40. The summed E-state index contributed by atoms with van der Waals surface area (Å²) in [6, 6.07) is 2.65. The highest BCUT2D eigenvalue weighted by molar-refractivity contribution is 7.92. The molecule has 0 aliphatic carbocycles. The molecule has 2 N–H and O–H groups in total. The minimum Gasteiger partial charge on any atom is -0.495 e. The molecule has 0 radical (unpaired) electrons. The smallest absolute Gasteiger partial charge is 0.322 e. The SMILES string of the molecule is CCS(=O)(=O)Nc1ccc(S(=O)(=O)N2CCC[C@H]2C(=O)O)c(OC)c1. The maximum absolute atomic E-state index is 12.8. The zero-order chi connectivity index (χ0) is 18.8. The summed E-state index contributed by atoms with van der Waals surface area (Å²) >= 11 is 0. The summed E-state index contributed by atoms with van der Waals surface area (Å²) in [5.74, 6) is -1.40. The maximum atomic E-state index is 12.8. The summed E-state index contributed by atoms with van der Waals surface area (Å²) in [5, 5.41) is 9.21. The Morgan fingerprint density at radius 3 is 2.60 bits per heavy atom. The molecular weight excluding hydrogens is 372 g/mol. The van der Waals surface area contributed by atoms with Crippen LogP contribution in [0, 0.1) is 0 Å². The van der Waals surface area contributed by atoms with Gasteiger partial charge in [-0.15, -0.1) is 0 Å². The summed E-state index contributed by atoms with van der Waals surface area (Å²) in [7, 11) is -6.36. The minimum absolute atomic E-state index is 0.0626. The fourth-order valence-corrected chi connectivity index (χ4v) is 5.02. The molecule has 1 aromatic carbocycles. The zero-order valence-corrected chi connectivity index (χ0v) is 15.4. The van der Waals surface area contributed by atoms with Crippen LogP contribution in [-0.4, -0.2) is 57.7 Å². The van der Waals surface area contributed by atoms with Crippen LogP contribution >= 0.6 is 0 Å². The van der Waals surface area contributed by atoms with Crippen LogP contribution in [-0.2, 0) is 24.8 Å². The minimum atomic E-state index is -4.09. The second-order valence-corrected chi connectivity index (χ2v) is 9.35. The normalized spacial score (nSPS) is 18.9. The van der Waals surface area contributed by atoms with E-state index >= 15 is 0 Å². The quantitative estimate of drug-likeness (QED) is 0.698.